The molecule has 7 nitrogen and oxygen atoms in total. The van der Waals surface area contributed by atoms with Crippen molar-refractivity contribution in [2.75, 3.05) is 13.2 Å². The van der Waals surface area contributed by atoms with Crippen molar-refractivity contribution in [3.05, 3.63) is 58.7 Å². The van der Waals surface area contributed by atoms with E-state index >= 15 is 0 Å². The van der Waals surface area contributed by atoms with Crippen molar-refractivity contribution in [1.29, 1.82) is 0 Å². The van der Waals surface area contributed by atoms with E-state index in [1.165, 1.54) is 6.07 Å². The molecule has 1 aliphatic rings. The maximum Gasteiger partial charge on any atom is 0.269 e. The van der Waals surface area contributed by atoms with Crippen LogP contribution < -0.4 is 20.3 Å². The summed E-state index contributed by atoms with van der Waals surface area (Å²) in [6.07, 6.45) is 2.65. The van der Waals surface area contributed by atoms with Gasteiger partial charge in [-0.3, -0.25) is 20.4 Å². The van der Waals surface area contributed by atoms with Gasteiger partial charge in [0.25, 0.3) is 5.91 Å². The summed E-state index contributed by atoms with van der Waals surface area (Å²) in [5.41, 5.74) is 6.90. The first-order valence-corrected chi connectivity index (χ1v) is 9.23. The molecule has 1 aliphatic heterocycles. The number of carbonyl (C=O) groups excluding carboxylic acids is 2. The third kappa shape index (κ3) is 3.75. The highest BCUT2D eigenvalue weighted by Crippen LogP contribution is 2.37. The zero-order chi connectivity index (χ0) is 19.5. The number of fused-ring (bicyclic) bond motifs is 2. The number of carbonyl (C=O) groups is 2. The lowest BCUT2D eigenvalue weighted by Crippen LogP contribution is -2.42. The van der Waals surface area contributed by atoms with Crippen LogP contribution in [0.2, 0.25) is 5.02 Å². The van der Waals surface area contributed by atoms with E-state index in [1.807, 2.05) is 24.3 Å². The number of ether oxygens (including phenoxy) is 2. The predicted molar refractivity (Wildman–Crippen MR) is 105 cm³/mol. The number of halogens is 1. The van der Waals surface area contributed by atoms with Crippen molar-refractivity contribution >= 4 is 34.3 Å². The number of para-hydroxylation sites is 1. The summed E-state index contributed by atoms with van der Waals surface area (Å²) in [5, 5.41) is 1.26. The Kier molecular flexibility index (Phi) is 5.08. The van der Waals surface area contributed by atoms with Crippen LogP contribution in [-0.2, 0) is 11.2 Å². The predicted octanol–water partition coefficient (Wildman–Crippen LogP) is 2.99. The quantitative estimate of drug-likeness (QED) is 0.590. The lowest BCUT2D eigenvalue weighted by atomic mass is 10.1. The minimum Gasteiger partial charge on any atom is -0.489 e. The molecule has 4 rings (SSSR count). The average molecular weight is 400 g/mol. The Bertz CT molecular complexity index is 1050. The maximum atomic E-state index is 12.4. The second-order valence-electron chi connectivity index (χ2n) is 6.37. The minimum atomic E-state index is -0.496. The van der Waals surface area contributed by atoms with Gasteiger partial charge in [0.1, 0.15) is 0 Å². The van der Waals surface area contributed by atoms with Crippen LogP contribution in [0.5, 0.6) is 11.5 Å². The smallest absolute Gasteiger partial charge is 0.269 e. The topological polar surface area (TPSA) is 92.5 Å². The van der Waals surface area contributed by atoms with E-state index in [-0.39, 0.29) is 22.9 Å². The van der Waals surface area contributed by atoms with Gasteiger partial charge in [-0.2, -0.15) is 0 Å². The van der Waals surface area contributed by atoms with E-state index in [9.17, 15) is 9.59 Å². The molecule has 0 radical (unpaired) electrons. The molecule has 0 aliphatic carbocycles. The van der Waals surface area contributed by atoms with Gasteiger partial charge in [-0.1, -0.05) is 29.8 Å². The number of hydrogen-bond donors (Lipinski definition) is 3. The number of rotatable bonds is 3. The number of benzene rings is 2. The number of aromatic amines is 1. The van der Waals surface area contributed by atoms with Crippen LogP contribution >= 0.6 is 11.6 Å². The monoisotopic (exact) mass is 399 g/mol. The first-order chi connectivity index (χ1) is 13.6. The van der Waals surface area contributed by atoms with E-state index < -0.39 is 5.91 Å². The van der Waals surface area contributed by atoms with Crippen molar-refractivity contribution in [3.8, 4) is 11.5 Å². The summed E-state index contributed by atoms with van der Waals surface area (Å²) < 4.78 is 11.1. The highest BCUT2D eigenvalue weighted by atomic mass is 35.5. The Labute approximate surface area is 165 Å². The van der Waals surface area contributed by atoms with Gasteiger partial charge in [-0.05, 0) is 23.8 Å². The fourth-order valence-electron chi connectivity index (χ4n) is 3.06. The lowest BCUT2D eigenvalue weighted by molar-refractivity contribution is -0.121. The van der Waals surface area contributed by atoms with E-state index in [4.69, 9.17) is 21.1 Å². The third-order valence-corrected chi connectivity index (χ3v) is 4.69. The summed E-state index contributed by atoms with van der Waals surface area (Å²) >= 11 is 6.20. The van der Waals surface area contributed by atoms with Crippen molar-refractivity contribution in [1.82, 2.24) is 15.8 Å². The second kappa shape index (κ2) is 7.82. The van der Waals surface area contributed by atoms with Crippen LogP contribution in [0.15, 0.2) is 42.6 Å². The van der Waals surface area contributed by atoms with E-state index in [2.05, 4.69) is 15.8 Å². The highest BCUT2D eigenvalue weighted by Gasteiger charge is 2.19. The van der Waals surface area contributed by atoms with Gasteiger partial charge in [0.15, 0.2) is 11.5 Å². The van der Waals surface area contributed by atoms with E-state index in [0.717, 1.165) is 22.9 Å². The molecule has 0 spiro atoms. The van der Waals surface area contributed by atoms with Gasteiger partial charge in [0, 0.05) is 29.1 Å². The molecule has 1 aromatic heterocycles. The Morgan fingerprint density at radius 1 is 1.11 bits per heavy atom. The first kappa shape index (κ1) is 18.2. The lowest BCUT2D eigenvalue weighted by Gasteiger charge is -2.12. The molecule has 3 aromatic rings. The van der Waals surface area contributed by atoms with E-state index in [0.29, 0.717) is 24.7 Å². The third-order valence-electron chi connectivity index (χ3n) is 4.41. The maximum absolute atomic E-state index is 12.4. The number of aromatic nitrogens is 1. The summed E-state index contributed by atoms with van der Waals surface area (Å²) in [6.45, 7) is 0.984. The van der Waals surface area contributed by atoms with Gasteiger partial charge < -0.3 is 14.5 Å². The molecule has 28 heavy (non-hydrogen) atoms. The molecule has 2 aromatic carbocycles. The van der Waals surface area contributed by atoms with Crippen molar-refractivity contribution < 1.29 is 19.1 Å². The summed E-state index contributed by atoms with van der Waals surface area (Å²) in [5.74, 6) is 0.0164. The van der Waals surface area contributed by atoms with Crippen LogP contribution in [0.25, 0.3) is 10.9 Å². The number of nitrogens with one attached hydrogen (secondary N) is 3. The van der Waals surface area contributed by atoms with Gasteiger partial charge in [-0.15, -0.1) is 0 Å². The normalized spacial score (nSPS) is 13.0. The Hall–Kier alpha value is -3.19. The Morgan fingerprint density at radius 2 is 1.93 bits per heavy atom. The summed E-state index contributed by atoms with van der Waals surface area (Å²) in [7, 11) is 0. The van der Waals surface area contributed by atoms with Crippen LogP contribution in [0.1, 0.15) is 22.3 Å². The number of hydrazine groups is 1. The Balaban J connectivity index is 1.41. The fourth-order valence-corrected chi connectivity index (χ4v) is 3.32. The standard InChI is InChI=1S/C20H18ClN3O4/c21-15-8-12(9-17-19(15)28-7-3-6-27-17)20(26)24-23-18(25)10-13-11-22-16-5-2-1-4-14(13)16/h1-2,4-5,8-9,11,22H,3,6-7,10H2,(H,23,25)(H,24,26). The van der Waals surface area contributed by atoms with Crippen LogP contribution in [0.4, 0.5) is 0 Å². The molecule has 0 atom stereocenters. The summed E-state index contributed by atoms with van der Waals surface area (Å²) in [6, 6.07) is 10.7. The van der Waals surface area contributed by atoms with E-state index in [1.54, 1.807) is 12.3 Å². The molecule has 2 amide bonds. The number of H-pyrrole nitrogens is 1. The van der Waals surface area contributed by atoms with Gasteiger partial charge in [0.2, 0.25) is 5.91 Å². The van der Waals surface area contributed by atoms with Gasteiger partial charge in [0.05, 0.1) is 24.7 Å². The van der Waals surface area contributed by atoms with Crippen molar-refractivity contribution in [2.45, 2.75) is 12.8 Å². The molecule has 0 bridgehead atoms. The van der Waals surface area contributed by atoms with Crippen LogP contribution in [0.3, 0.4) is 0 Å². The molecule has 2 heterocycles. The van der Waals surface area contributed by atoms with Gasteiger partial charge in [-0.25, -0.2) is 0 Å². The second-order valence-corrected chi connectivity index (χ2v) is 6.78. The zero-order valence-electron chi connectivity index (χ0n) is 14.9. The molecule has 0 fully saturated rings. The molecular weight excluding hydrogens is 382 g/mol. The van der Waals surface area contributed by atoms with Crippen molar-refractivity contribution in [2.24, 2.45) is 0 Å². The molecule has 0 unspecified atom stereocenters. The minimum absolute atomic E-state index is 0.131. The number of hydrogen-bond acceptors (Lipinski definition) is 4. The largest absolute Gasteiger partial charge is 0.489 e. The molecule has 0 saturated carbocycles. The molecule has 3 N–H and O–H groups in total. The molecular formula is C20H18ClN3O4. The average Bonchev–Trinajstić information content (AvgIpc) is 2.94. The molecule has 144 valence electrons. The zero-order valence-corrected chi connectivity index (χ0v) is 15.6. The SMILES string of the molecule is O=C(Cc1c[nH]c2ccccc12)NNC(=O)c1cc(Cl)c2c(c1)OCCCO2. The Morgan fingerprint density at radius 3 is 2.82 bits per heavy atom. The summed E-state index contributed by atoms with van der Waals surface area (Å²) in [4.78, 5) is 27.7. The fraction of sp³-hybridized carbons (Fsp3) is 0.200. The molecule has 8 heteroatoms. The van der Waals surface area contributed by atoms with Crippen LogP contribution in [0, 0.1) is 0 Å². The van der Waals surface area contributed by atoms with Crippen LogP contribution in [-0.4, -0.2) is 30.0 Å². The number of amides is 2. The molecule has 0 saturated heterocycles. The highest BCUT2D eigenvalue weighted by molar-refractivity contribution is 6.32. The first-order valence-electron chi connectivity index (χ1n) is 8.85. The van der Waals surface area contributed by atoms with Crippen molar-refractivity contribution in [3.63, 3.8) is 0 Å². The van der Waals surface area contributed by atoms with Gasteiger partial charge >= 0.3 is 0 Å².